The fourth-order valence-electron chi connectivity index (χ4n) is 5.34. The molecule has 3 aromatic rings. The Morgan fingerprint density at radius 2 is 1.67 bits per heavy atom. The van der Waals surface area contributed by atoms with Gasteiger partial charge in [0.2, 0.25) is 5.91 Å². The van der Waals surface area contributed by atoms with Crippen molar-refractivity contribution in [1.82, 2.24) is 10.2 Å². The van der Waals surface area contributed by atoms with Gasteiger partial charge in [0.1, 0.15) is 5.84 Å². The normalized spacial score (nSPS) is 14.7. The zero-order chi connectivity index (χ0) is 32.1. The molecule has 11 heteroatoms. The average Bonchev–Trinajstić information content (AvgIpc) is 3.35. The first-order chi connectivity index (χ1) is 21.5. The van der Waals surface area contributed by atoms with E-state index in [1.165, 1.54) is 4.90 Å². The summed E-state index contributed by atoms with van der Waals surface area (Å²) in [5.74, 6) is -2.45. The van der Waals surface area contributed by atoms with E-state index >= 15 is 0 Å². The van der Waals surface area contributed by atoms with Crippen molar-refractivity contribution in [3.05, 3.63) is 107 Å². The second kappa shape index (κ2) is 13.3. The number of hydrogen-bond donors (Lipinski definition) is 1. The molecular weight excluding hydrogens is 585 g/mol. The minimum Gasteiger partial charge on any atom is -0.343 e. The number of benzene rings is 3. The van der Waals surface area contributed by atoms with Crippen LogP contribution >= 0.6 is 0 Å². The summed E-state index contributed by atoms with van der Waals surface area (Å²) in [6, 6.07) is 18.6. The molecule has 0 saturated carbocycles. The second-order valence-electron chi connectivity index (χ2n) is 11.0. The number of amidine groups is 1. The lowest BCUT2D eigenvalue weighted by atomic mass is 9.99. The van der Waals surface area contributed by atoms with Gasteiger partial charge in [-0.1, -0.05) is 42.0 Å². The van der Waals surface area contributed by atoms with Crippen LogP contribution in [0.2, 0.25) is 0 Å². The van der Waals surface area contributed by atoms with Gasteiger partial charge in [-0.3, -0.25) is 19.2 Å². The van der Waals surface area contributed by atoms with E-state index < -0.39 is 23.4 Å². The first kappa shape index (κ1) is 31.4. The van der Waals surface area contributed by atoms with Gasteiger partial charge in [-0.2, -0.15) is 13.2 Å². The first-order valence-electron chi connectivity index (χ1n) is 14.5. The molecule has 8 nitrogen and oxygen atoms in total. The Morgan fingerprint density at radius 1 is 0.956 bits per heavy atom. The summed E-state index contributed by atoms with van der Waals surface area (Å²) in [5, 5.41) is 2.74. The van der Waals surface area contributed by atoms with Crippen LogP contribution in [0.25, 0.3) is 0 Å². The van der Waals surface area contributed by atoms with E-state index in [1.54, 1.807) is 43.5 Å². The third kappa shape index (κ3) is 7.54. The molecule has 2 aliphatic heterocycles. The van der Waals surface area contributed by atoms with Crippen LogP contribution in [0.5, 0.6) is 0 Å². The molecule has 0 unspecified atom stereocenters. The Kier molecular flexibility index (Phi) is 9.26. The van der Waals surface area contributed by atoms with E-state index in [1.807, 2.05) is 23.1 Å². The van der Waals surface area contributed by atoms with Crippen molar-refractivity contribution < 1.29 is 32.3 Å². The van der Waals surface area contributed by atoms with Crippen LogP contribution in [0.4, 0.5) is 24.5 Å². The molecule has 2 aliphatic rings. The number of nitrogens with zero attached hydrogens (tertiary/aromatic N) is 3. The Hall–Kier alpha value is -5.06. The summed E-state index contributed by atoms with van der Waals surface area (Å²) in [7, 11) is 1.66. The highest BCUT2D eigenvalue weighted by Gasteiger charge is 2.39. The highest BCUT2D eigenvalue weighted by molar-refractivity contribution is 6.12. The number of Topliss-reactive ketones (excluding diaryl/α,β-unsaturated/α-hetero) is 1. The molecule has 0 aromatic heterocycles. The number of ketones is 1. The van der Waals surface area contributed by atoms with E-state index in [9.17, 15) is 32.3 Å². The van der Waals surface area contributed by atoms with Gasteiger partial charge < -0.3 is 15.1 Å². The number of alkyl halides is 3. The lowest BCUT2D eigenvalue weighted by Gasteiger charge is -2.19. The number of fused-ring (bicyclic) bond motifs is 1. The Bertz CT molecular complexity index is 1680. The molecule has 0 spiro atoms. The minimum atomic E-state index is -5.02. The number of nitrogens with one attached hydrogen (secondary N) is 1. The second-order valence-corrected chi connectivity index (χ2v) is 11.0. The van der Waals surface area contributed by atoms with Crippen molar-refractivity contribution in [2.45, 2.75) is 38.3 Å². The molecule has 1 saturated heterocycles. The third-order valence-corrected chi connectivity index (χ3v) is 7.79. The molecule has 0 bridgehead atoms. The van der Waals surface area contributed by atoms with Crippen molar-refractivity contribution in [2.75, 3.05) is 25.0 Å². The van der Waals surface area contributed by atoms with Crippen molar-refractivity contribution in [3.63, 3.8) is 0 Å². The Labute approximate surface area is 258 Å². The first-order valence-corrected chi connectivity index (χ1v) is 14.5. The van der Waals surface area contributed by atoms with Gasteiger partial charge in [-0.15, -0.1) is 0 Å². The van der Waals surface area contributed by atoms with Crippen LogP contribution in [0.15, 0.2) is 89.4 Å². The summed E-state index contributed by atoms with van der Waals surface area (Å²) in [6.45, 7) is 1.37. The van der Waals surface area contributed by atoms with Gasteiger partial charge in [0, 0.05) is 48.9 Å². The highest BCUT2D eigenvalue weighted by Crippen LogP contribution is 2.32. The average molecular weight is 617 g/mol. The zero-order valence-electron chi connectivity index (χ0n) is 24.6. The lowest BCUT2D eigenvalue weighted by Crippen LogP contribution is -2.29. The summed E-state index contributed by atoms with van der Waals surface area (Å²) >= 11 is 0. The number of rotatable bonds is 8. The van der Waals surface area contributed by atoms with Crippen LogP contribution in [0, 0.1) is 0 Å². The largest absolute Gasteiger partial charge is 0.454 e. The number of hydrogen-bond acceptors (Lipinski definition) is 5. The SMILES string of the molecule is CN(C(=O)c1ccccc1)c1ccc2c(c1)N=C(NC(=O)c1ccc(C(=O)C(F)(F)F)cc1)C=C(CCCN1CCCC1=O)C2. The van der Waals surface area contributed by atoms with Crippen LogP contribution in [0.1, 0.15) is 62.3 Å². The molecule has 1 N–H and O–H groups in total. The maximum atomic E-state index is 13.1. The number of allylic oxidation sites excluding steroid dienone is 1. The zero-order valence-corrected chi connectivity index (χ0v) is 24.6. The van der Waals surface area contributed by atoms with Crippen LogP contribution in [0.3, 0.4) is 0 Å². The number of halogens is 3. The molecule has 0 aliphatic carbocycles. The number of carbonyl (C=O) groups excluding carboxylic acids is 4. The number of likely N-dealkylation sites (tertiary alicyclic amines) is 1. The molecule has 5 rings (SSSR count). The molecule has 2 heterocycles. The number of amides is 3. The van der Waals surface area contributed by atoms with E-state index in [0.717, 1.165) is 54.8 Å². The maximum absolute atomic E-state index is 13.1. The van der Waals surface area contributed by atoms with E-state index in [-0.39, 0.29) is 23.2 Å². The summed E-state index contributed by atoms with van der Waals surface area (Å²) in [5.41, 5.74) is 2.98. The lowest BCUT2D eigenvalue weighted by molar-refractivity contribution is -0.127. The fraction of sp³-hybridized carbons (Fsp3) is 0.265. The van der Waals surface area contributed by atoms with Crippen LogP contribution in [-0.2, 0) is 11.2 Å². The van der Waals surface area contributed by atoms with Gasteiger partial charge in [0.05, 0.1) is 5.69 Å². The highest BCUT2D eigenvalue weighted by atomic mass is 19.4. The number of carbonyl (C=O) groups is 4. The standard InChI is InChI=1S/C34H31F3N4O4/c1-40(33(45)25-8-3-2-4-9-25)27-16-15-26-19-22(7-5-17-41-18-6-10-30(41)42)20-29(38-28(26)21-27)39-32(44)24-13-11-23(12-14-24)31(43)34(35,36)37/h2-4,8-9,11-16,20-21H,5-7,10,17-19H2,1H3,(H,38,39,44). The van der Waals surface area contributed by atoms with E-state index in [2.05, 4.69) is 5.32 Å². The minimum absolute atomic E-state index is 0.0466. The van der Waals surface area contributed by atoms with Gasteiger partial charge in [0.15, 0.2) is 0 Å². The van der Waals surface area contributed by atoms with Gasteiger partial charge in [0.25, 0.3) is 17.6 Å². The monoisotopic (exact) mass is 616 g/mol. The van der Waals surface area contributed by atoms with Crippen molar-refractivity contribution in [3.8, 4) is 0 Å². The molecule has 0 atom stereocenters. The van der Waals surface area contributed by atoms with Crippen LogP contribution < -0.4 is 10.2 Å². The fourth-order valence-corrected chi connectivity index (χ4v) is 5.34. The van der Waals surface area contributed by atoms with Crippen molar-refractivity contribution in [1.29, 1.82) is 0 Å². The third-order valence-electron chi connectivity index (χ3n) is 7.79. The predicted molar refractivity (Wildman–Crippen MR) is 164 cm³/mol. The summed E-state index contributed by atoms with van der Waals surface area (Å²) in [6.07, 6.45) is 0.0467. The number of aliphatic imine (C=N–C) groups is 1. The quantitative estimate of drug-likeness (QED) is 0.312. The molecule has 1 fully saturated rings. The van der Waals surface area contributed by atoms with E-state index in [4.69, 9.17) is 4.99 Å². The molecule has 3 aromatic carbocycles. The Balaban J connectivity index is 1.39. The molecule has 0 radical (unpaired) electrons. The molecule has 45 heavy (non-hydrogen) atoms. The van der Waals surface area contributed by atoms with Crippen molar-refractivity contribution >= 4 is 40.7 Å². The number of anilines is 1. The van der Waals surface area contributed by atoms with Crippen molar-refractivity contribution in [2.24, 2.45) is 4.99 Å². The topological polar surface area (TPSA) is 99.2 Å². The smallest absolute Gasteiger partial charge is 0.343 e. The molecule has 3 amide bonds. The van der Waals surface area contributed by atoms with Crippen LogP contribution in [-0.4, -0.2) is 60.6 Å². The Morgan fingerprint density at radius 3 is 2.33 bits per heavy atom. The summed E-state index contributed by atoms with van der Waals surface area (Å²) < 4.78 is 38.4. The van der Waals surface area contributed by atoms with Gasteiger partial charge >= 0.3 is 6.18 Å². The van der Waals surface area contributed by atoms with Gasteiger partial charge in [-0.05, 0) is 73.7 Å². The van der Waals surface area contributed by atoms with Gasteiger partial charge in [-0.25, -0.2) is 4.99 Å². The summed E-state index contributed by atoms with van der Waals surface area (Å²) in [4.78, 5) is 57.9. The molecular formula is C34H31F3N4O4. The maximum Gasteiger partial charge on any atom is 0.454 e. The predicted octanol–water partition coefficient (Wildman–Crippen LogP) is 6.05. The van der Waals surface area contributed by atoms with E-state index in [0.29, 0.717) is 42.7 Å². The molecule has 232 valence electrons.